The summed E-state index contributed by atoms with van der Waals surface area (Å²) in [4.78, 5) is 2.50. The molecule has 2 nitrogen and oxygen atoms in total. The fourth-order valence-electron chi connectivity index (χ4n) is 2.08. The highest BCUT2D eigenvalue weighted by molar-refractivity contribution is 4.80. The third-order valence-electron chi connectivity index (χ3n) is 3.02. The van der Waals surface area contributed by atoms with Crippen LogP contribution in [-0.4, -0.2) is 35.6 Å². The van der Waals surface area contributed by atoms with Crippen LogP contribution in [0.4, 0.5) is 0 Å². The highest BCUT2D eigenvalue weighted by atomic mass is 15.2. The Morgan fingerprint density at radius 2 is 1.82 bits per heavy atom. The maximum absolute atomic E-state index is 3.84. The molecule has 0 rings (SSSR count). The molecule has 0 spiro atoms. The van der Waals surface area contributed by atoms with Crippen LogP contribution in [0.3, 0.4) is 0 Å². The Morgan fingerprint density at radius 1 is 1.24 bits per heavy atom. The van der Waals surface area contributed by atoms with Gasteiger partial charge in [0.25, 0.3) is 0 Å². The molecule has 0 radical (unpaired) electrons. The Morgan fingerprint density at radius 3 is 2.24 bits per heavy atom. The van der Waals surface area contributed by atoms with Crippen LogP contribution >= 0.6 is 0 Å². The van der Waals surface area contributed by atoms with Gasteiger partial charge in [-0.1, -0.05) is 6.08 Å². The standard InChI is InChI=1S/C15H32N2/c1-8-12-17(13(2)3)14(4)10-9-11-16-15(5,6)7/h8,13-14,16H,1,9-12H2,2-7H3. The molecule has 2 heteroatoms. The van der Waals surface area contributed by atoms with E-state index in [-0.39, 0.29) is 5.54 Å². The van der Waals surface area contributed by atoms with E-state index in [2.05, 4.69) is 58.3 Å². The molecule has 0 saturated heterocycles. The van der Waals surface area contributed by atoms with Gasteiger partial charge >= 0.3 is 0 Å². The fraction of sp³-hybridized carbons (Fsp3) is 0.867. The minimum absolute atomic E-state index is 0.238. The van der Waals surface area contributed by atoms with Gasteiger partial charge in [0, 0.05) is 24.2 Å². The van der Waals surface area contributed by atoms with Crippen molar-refractivity contribution in [2.45, 2.75) is 72.0 Å². The lowest BCUT2D eigenvalue weighted by atomic mass is 10.1. The van der Waals surface area contributed by atoms with E-state index in [0.717, 1.165) is 13.1 Å². The maximum atomic E-state index is 3.84. The van der Waals surface area contributed by atoms with Crippen molar-refractivity contribution in [3.8, 4) is 0 Å². The summed E-state index contributed by atoms with van der Waals surface area (Å²) in [5.74, 6) is 0. The number of rotatable bonds is 8. The van der Waals surface area contributed by atoms with Crippen LogP contribution in [-0.2, 0) is 0 Å². The van der Waals surface area contributed by atoms with Crippen LogP contribution in [0.2, 0.25) is 0 Å². The SMILES string of the molecule is C=CCN(C(C)C)C(C)CCCNC(C)(C)C. The molecule has 0 aliphatic carbocycles. The zero-order valence-electron chi connectivity index (χ0n) is 12.7. The molecule has 1 N–H and O–H groups in total. The van der Waals surface area contributed by atoms with Gasteiger partial charge in [-0.15, -0.1) is 6.58 Å². The average molecular weight is 240 g/mol. The third kappa shape index (κ3) is 8.39. The quantitative estimate of drug-likeness (QED) is 0.516. The normalized spacial score (nSPS) is 14.4. The van der Waals surface area contributed by atoms with E-state index in [9.17, 15) is 0 Å². The summed E-state index contributed by atoms with van der Waals surface area (Å²) in [6, 6.07) is 1.23. The number of nitrogens with zero attached hydrogens (tertiary/aromatic N) is 1. The molecule has 0 aromatic carbocycles. The summed E-state index contributed by atoms with van der Waals surface area (Å²) in [5, 5.41) is 3.54. The molecular formula is C15H32N2. The van der Waals surface area contributed by atoms with E-state index in [1.54, 1.807) is 0 Å². The monoisotopic (exact) mass is 240 g/mol. The maximum Gasteiger partial charge on any atom is 0.0166 e. The van der Waals surface area contributed by atoms with Gasteiger partial charge in [0.15, 0.2) is 0 Å². The van der Waals surface area contributed by atoms with E-state index >= 15 is 0 Å². The van der Waals surface area contributed by atoms with Gasteiger partial charge in [-0.2, -0.15) is 0 Å². The highest BCUT2D eigenvalue weighted by Crippen LogP contribution is 2.11. The lowest BCUT2D eigenvalue weighted by Gasteiger charge is -2.32. The first-order valence-electron chi connectivity index (χ1n) is 6.89. The van der Waals surface area contributed by atoms with Crippen molar-refractivity contribution in [3.63, 3.8) is 0 Å². The molecule has 0 aliphatic heterocycles. The molecule has 1 atom stereocenters. The largest absolute Gasteiger partial charge is 0.312 e. The van der Waals surface area contributed by atoms with Crippen LogP contribution in [0, 0.1) is 0 Å². The Kier molecular flexibility index (Phi) is 7.73. The molecule has 0 saturated carbocycles. The second kappa shape index (κ2) is 7.88. The van der Waals surface area contributed by atoms with Crippen molar-refractivity contribution >= 4 is 0 Å². The van der Waals surface area contributed by atoms with E-state index in [4.69, 9.17) is 0 Å². The first-order chi connectivity index (χ1) is 7.78. The number of nitrogens with one attached hydrogen (secondary N) is 1. The molecule has 0 aromatic heterocycles. The van der Waals surface area contributed by atoms with Crippen LogP contribution in [0.5, 0.6) is 0 Å². The lowest BCUT2D eigenvalue weighted by Crippen LogP contribution is -2.40. The van der Waals surface area contributed by atoms with Crippen LogP contribution in [0.15, 0.2) is 12.7 Å². The van der Waals surface area contributed by atoms with Crippen molar-refractivity contribution in [1.82, 2.24) is 10.2 Å². The number of hydrogen-bond donors (Lipinski definition) is 1. The lowest BCUT2D eigenvalue weighted by molar-refractivity contribution is 0.173. The smallest absolute Gasteiger partial charge is 0.0166 e. The molecule has 0 heterocycles. The summed E-state index contributed by atoms with van der Waals surface area (Å²) in [6.45, 7) is 19.4. The summed E-state index contributed by atoms with van der Waals surface area (Å²) in [6.07, 6.45) is 4.48. The molecule has 0 aliphatic rings. The van der Waals surface area contributed by atoms with E-state index in [0.29, 0.717) is 12.1 Å². The van der Waals surface area contributed by atoms with E-state index in [1.807, 2.05) is 6.08 Å². The third-order valence-corrected chi connectivity index (χ3v) is 3.02. The van der Waals surface area contributed by atoms with Crippen molar-refractivity contribution in [3.05, 3.63) is 12.7 Å². The summed E-state index contributed by atoms with van der Waals surface area (Å²) in [7, 11) is 0. The Hall–Kier alpha value is -0.340. The van der Waals surface area contributed by atoms with Gasteiger partial charge in [0.1, 0.15) is 0 Å². The molecule has 0 aromatic rings. The van der Waals surface area contributed by atoms with Crippen LogP contribution in [0.25, 0.3) is 0 Å². The first-order valence-corrected chi connectivity index (χ1v) is 6.89. The minimum Gasteiger partial charge on any atom is -0.312 e. The minimum atomic E-state index is 0.238. The van der Waals surface area contributed by atoms with Gasteiger partial charge in [0.05, 0.1) is 0 Å². The predicted molar refractivity (Wildman–Crippen MR) is 78.5 cm³/mol. The highest BCUT2D eigenvalue weighted by Gasteiger charge is 2.15. The second-order valence-electron chi connectivity index (χ2n) is 6.25. The van der Waals surface area contributed by atoms with Gasteiger partial charge in [0.2, 0.25) is 0 Å². The van der Waals surface area contributed by atoms with Gasteiger partial charge < -0.3 is 5.32 Å². The molecular weight excluding hydrogens is 208 g/mol. The average Bonchev–Trinajstić information content (AvgIpc) is 2.18. The van der Waals surface area contributed by atoms with Crippen molar-refractivity contribution in [1.29, 1.82) is 0 Å². The first kappa shape index (κ1) is 16.7. The molecule has 0 bridgehead atoms. The van der Waals surface area contributed by atoms with Gasteiger partial charge in [-0.3, -0.25) is 4.90 Å². The molecule has 1 unspecified atom stereocenters. The Bertz CT molecular complexity index is 203. The summed E-state index contributed by atoms with van der Waals surface area (Å²) >= 11 is 0. The van der Waals surface area contributed by atoms with Crippen molar-refractivity contribution in [2.24, 2.45) is 0 Å². The zero-order valence-corrected chi connectivity index (χ0v) is 12.7. The fourth-order valence-corrected chi connectivity index (χ4v) is 2.08. The number of hydrogen-bond acceptors (Lipinski definition) is 2. The predicted octanol–water partition coefficient (Wildman–Crippen LogP) is 3.44. The van der Waals surface area contributed by atoms with Gasteiger partial charge in [-0.25, -0.2) is 0 Å². The van der Waals surface area contributed by atoms with Crippen LogP contribution < -0.4 is 5.32 Å². The molecule has 102 valence electrons. The van der Waals surface area contributed by atoms with E-state index in [1.165, 1.54) is 12.8 Å². The molecule has 0 fully saturated rings. The van der Waals surface area contributed by atoms with E-state index < -0.39 is 0 Å². The van der Waals surface area contributed by atoms with Gasteiger partial charge in [-0.05, 0) is 60.9 Å². The zero-order chi connectivity index (χ0) is 13.5. The Labute approximate surface area is 108 Å². The molecule has 0 amide bonds. The van der Waals surface area contributed by atoms with Crippen LogP contribution in [0.1, 0.15) is 54.4 Å². The van der Waals surface area contributed by atoms with Crippen molar-refractivity contribution in [2.75, 3.05) is 13.1 Å². The summed E-state index contributed by atoms with van der Waals surface area (Å²) < 4.78 is 0. The topological polar surface area (TPSA) is 15.3 Å². The van der Waals surface area contributed by atoms with Crippen molar-refractivity contribution < 1.29 is 0 Å². The summed E-state index contributed by atoms with van der Waals surface area (Å²) in [5.41, 5.74) is 0.238. The molecule has 17 heavy (non-hydrogen) atoms. The Balaban J connectivity index is 3.90. The second-order valence-corrected chi connectivity index (χ2v) is 6.25.